The van der Waals surface area contributed by atoms with Gasteiger partial charge >= 0.3 is 5.97 Å². The molecule has 2 amide bonds. The highest BCUT2D eigenvalue weighted by Crippen LogP contribution is 2.26. The molecule has 23 heavy (non-hydrogen) atoms. The van der Waals surface area contributed by atoms with Crippen molar-refractivity contribution in [1.82, 2.24) is 9.80 Å². The lowest BCUT2D eigenvalue weighted by Crippen LogP contribution is -2.55. The molecule has 0 unspecified atom stereocenters. The second-order valence-electron chi connectivity index (χ2n) is 6.63. The standard InChI is InChI=1S/C16H27N3O4/c1-3-10(2)13(17)15(21)18-8-4-6-11(18)14(20)19-9-5-7-12(19)16(22)23/h10-13H,3-9,17H2,1-2H3,(H,22,23)/t10-,11+,12+,13-/m0/s1. The summed E-state index contributed by atoms with van der Waals surface area (Å²) in [7, 11) is 0. The van der Waals surface area contributed by atoms with Gasteiger partial charge in [-0.1, -0.05) is 20.3 Å². The number of rotatable bonds is 5. The van der Waals surface area contributed by atoms with Crippen molar-refractivity contribution >= 4 is 17.8 Å². The fraction of sp³-hybridized carbons (Fsp3) is 0.812. The summed E-state index contributed by atoms with van der Waals surface area (Å²) in [4.78, 5) is 39.7. The topological polar surface area (TPSA) is 104 Å². The van der Waals surface area contributed by atoms with E-state index in [9.17, 15) is 19.5 Å². The summed E-state index contributed by atoms with van der Waals surface area (Å²) in [6, 6.07) is -1.93. The minimum Gasteiger partial charge on any atom is -0.480 e. The van der Waals surface area contributed by atoms with Gasteiger partial charge in [-0.05, 0) is 31.6 Å². The molecule has 0 aliphatic carbocycles. The van der Waals surface area contributed by atoms with E-state index in [0.29, 0.717) is 32.4 Å². The van der Waals surface area contributed by atoms with Crippen LogP contribution in [0.15, 0.2) is 0 Å². The number of aliphatic carboxylic acids is 1. The Balaban J connectivity index is 2.10. The molecule has 2 heterocycles. The Morgan fingerprint density at radius 2 is 1.70 bits per heavy atom. The molecule has 0 aromatic heterocycles. The van der Waals surface area contributed by atoms with Gasteiger partial charge in [0, 0.05) is 13.1 Å². The quantitative estimate of drug-likeness (QED) is 0.762. The van der Waals surface area contributed by atoms with Crippen LogP contribution in [0.1, 0.15) is 46.0 Å². The van der Waals surface area contributed by atoms with Crippen molar-refractivity contribution < 1.29 is 19.5 Å². The first-order valence-electron chi connectivity index (χ1n) is 8.47. The summed E-state index contributed by atoms with van der Waals surface area (Å²) >= 11 is 0. The number of hydrogen-bond acceptors (Lipinski definition) is 4. The van der Waals surface area contributed by atoms with Crippen molar-refractivity contribution in [3.05, 3.63) is 0 Å². The predicted molar refractivity (Wildman–Crippen MR) is 84.5 cm³/mol. The molecule has 4 atom stereocenters. The van der Waals surface area contributed by atoms with Gasteiger partial charge < -0.3 is 20.6 Å². The zero-order chi connectivity index (χ0) is 17.1. The van der Waals surface area contributed by atoms with Crippen LogP contribution in [0.3, 0.4) is 0 Å². The Labute approximate surface area is 136 Å². The maximum atomic E-state index is 12.8. The van der Waals surface area contributed by atoms with Gasteiger partial charge in [-0.3, -0.25) is 9.59 Å². The van der Waals surface area contributed by atoms with E-state index in [4.69, 9.17) is 5.73 Å². The lowest BCUT2D eigenvalue weighted by molar-refractivity contribution is -0.152. The molecule has 2 aliphatic heterocycles. The van der Waals surface area contributed by atoms with Gasteiger partial charge in [0.15, 0.2) is 0 Å². The summed E-state index contributed by atoms with van der Waals surface area (Å²) in [5, 5.41) is 9.25. The van der Waals surface area contributed by atoms with Gasteiger partial charge in [-0.25, -0.2) is 4.79 Å². The highest BCUT2D eigenvalue weighted by atomic mass is 16.4. The Hall–Kier alpha value is -1.63. The summed E-state index contributed by atoms with van der Waals surface area (Å²) < 4.78 is 0. The van der Waals surface area contributed by atoms with Crippen LogP contribution in [-0.4, -0.2) is 63.9 Å². The van der Waals surface area contributed by atoms with E-state index in [1.165, 1.54) is 4.90 Å². The summed E-state index contributed by atoms with van der Waals surface area (Å²) in [5.41, 5.74) is 6.03. The van der Waals surface area contributed by atoms with Crippen molar-refractivity contribution in [2.75, 3.05) is 13.1 Å². The second kappa shape index (κ2) is 7.29. The van der Waals surface area contributed by atoms with Gasteiger partial charge in [-0.15, -0.1) is 0 Å². The van der Waals surface area contributed by atoms with Crippen LogP contribution in [-0.2, 0) is 14.4 Å². The first-order chi connectivity index (χ1) is 10.9. The molecule has 0 aromatic rings. The number of nitrogens with two attached hydrogens (primary N) is 1. The maximum Gasteiger partial charge on any atom is 0.326 e. The largest absolute Gasteiger partial charge is 0.480 e. The fourth-order valence-corrected chi connectivity index (χ4v) is 3.45. The van der Waals surface area contributed by atoms with Crippen molar-refractivity contribution in [2.24, 2.45) is 11.7 Å². The number of carbonyl (C=O) groups excluding carboxylic acids is 2. The minimum absolute atomic E-state index is 0.0532. The van der Waals surface area contributed by atoms with Crippen LogP contribution >= 0.6 is 0 Å². The average Bonchev–Trinajstić information content (AvgIpc) is 3.20. The Kier molecular flexibility index (Phi) is 5.62. The van der Waals surface area contributed by atoms with E-state index in [1.54, 1.807) is 4.90 Å². The molecule has 2 fully saturated rings. The number of carboxylic acid groups (broad SMARTS) is 1. The summed E-state index contributed by atoms with van der Waals surface area (Å²) in [6.07, 6.45) is 3.30. The predicted octanol–water partition coefficient (Wildman–Crippen LogP) is 0.426. The molecular weight excluding hydrogens is 298 g/mol. The number of carbonyl (C=O) groups is 3. The highest BCUT2D eigenvalue weighted by molar-refractivity contribution is 5.92. The average molecular weight is 325 g/mol. The van der Waals surface area contributed by atoms with Crippen molar-refractivity contribution in [2.45, 2.75) is 64.1 Å². The normalized spacial score (nSPS) is 27.1. The Morgan fingerprint density at radius 1 is 1.13 bits per heavy atom. The van der Waals surface area contributed by atoms with E-state index in [1.807, 2.05) is 13.8 Å². The van der Waals surface area contributed by atoms with E-state index < -0.39 is 24.1 Å². The van der Waals surface area contributed by atoms with Gasteiger partial charge in [0.05, 0.1) is 6.04 Å². The zero-order valence-electron chi connectivity index (χ0n) is 13.9. The number of nitrogens with zero attached hydrogens (tertiary/aromatic N) is 2. The molecule has 0 saturated carbocycles. The zero-order valence-corrected chi connectivity index (χ0v) is 13.9. The summed E-state index contributed by atoms with van der Waals surface area (Å²) in [5.74, 6) is -1.35. The molecule has 0 spiro atoms. The lowest BCUT2D eigenvalue weighted by Gasteiger charge is -2.32. The van der Waals surface area contributed by atoms with E-state index in [-0.39, 0.29) is 17.7 Å². The molecule has 3 N–H and O–H groups in total. The molecule has 7 nitrogen and oxygen atoms in total. The third kappa shape index (κ3) is 3.49. The molecule has 7 heteroatoms. The first-order valence-corrected chi connectivity index (χ1v) is 8.47. The number of carboxylic acids is 1. The van der Waals surface area contributed by atoms with Crippen LogP contribution in [0.2, 0.25) is 0 Å². The van der Waals surface area contributed by atoms with Crippen LogP contribution < -0.4 is 5.73 Å². The van der Waals surface area contributed by atoms with Crippen LogP contribution in [0, 0.1) is 5.92 Å². The third-order valence-corrected chi connectivity index (χ3v) is 5.18. The molecular formula is C16H27N3O4. The van der Waals surface area contributed by atoms with E-state index in [2.05, 4.69) is 0 Å². The van der Waals surface area contributed by atoms with Gasteiger partial charge in [0.1, 0.15) is 12.1 Å². The number of hydrogen-bond donors (Lipinski definition) is 2. The molecule has 0 aromatic carbocycles. The molecule has 130 valence electrons. The maximum absolute atomic E-state index is 12.8. The van der Waals surface area contributed by atoms with E-state index in [0.717, 1.165) is 12.8 Å². The third-order valence-electron chi connectivity index (χ3n) is 5.18. The first kappa shape index (κ1) is 17.7. The van der Waals surface area contributed by atoms with E-state index >= 15 is 0 Å². The molecule has 0 radical (unpaired) electrons. The minimum atomic E-state index is -0.969. The molecule has 2 aliphatic rings. The van der Waals surface area contributed by atoms with Gasteiger partial charge in [0.25, 0.3) is 0 Å². The van der Waals surface area contributed by atoms with Gasteiger partial charge in [-0.2, -0.15) is 0 Å². The van der Waals surface area contributed by atoms with Crippen LogP contribution in [0.5, 0.6) is 0 Å². The molecule has 2 saturated heterocycles. The molecule has 2 rings (SSSR count). The molecule has 0 bridgehead atoms. The number of amides is 2. The lowest BCUT2D eigenvalue weighted by atomic mass is 9.98. The fourth-order valence-electron chi connectivity index (χ4n) is 3.45. The Morgan fingerprint density at radius 3 is 2.26 bits per heavy atom. The SMILES string of the molecule is CC[C@H](C)[C@H](N)C(=O)N1CCC[C@@H]1C(=O)N1CCC[C@@H]1C(=O)O. The highest BCUT2D eigenvalue weighted by Gasteiger charge is 2.43. The van der Waals surface area contributed by atoms with Crippen molar-refractivity contribution in [3.8, 4) is 0 Å². The number of likely N-dealkylation sites (tertiary alicyclic amines) is 2. The van der Waals surface area contributed by atoms with Crippen molar-refractivity contribution in [1.29, 1.82) is 0 Å². The van der Waals surface area contributed by atoms with Crippen molar-refractivity contribution in [3.63, 3.8) is 0 Å². The van der Waals surface area contributed by atoms with Crippen LogP contribution in [0.25, 0.3) is 0 Å². The summed E-state index contributed by atoms with van der Waals surface area (Å²) in [6.45, 7) is 4.87. The smallest absolute Gasteiger partial charge is 0.326 e. The monoisotopic (exact) mass is 325 g/mol. The second-order valence-corrected chi connectivity index (χ2v) is 6.63. The van der Waals surface area contributed by atoms with Gasteiger partial charge in [0.2, 0.25) is 11.8 Å². The van der Waals surface area contributed by atoms with Crippen LogP contribution in [0.4, 0.5) is 0 Å². The Bertz CT molecular complexity index is 482.